The van der Waals surface area contributed by atoms with Gasteiger partial charge in [-0.3, -0.25) is 25.0 Å². The molecule has 342 valence electrons. The lowest BCUT2D eigenvalue weighted by Gasteiger charge is -2.46. The van der Waals surface area contributed by atoms with E-state index < -0.39 is 75.2 Å². The van der Waals surface area contributed by atoms with E-state index in [2.05, 4.69) is 159 Å². The van der Waals surface area contributed by atoms with Crippen molar-refractivity contribution in [1.29, 1.82) is 0 Å². The number of carbonyl (C=O) groups is 1. The highest BCUT2D eigenvalue weighted by Gasteiger charge is 2.48. The number of nitro groups is 2. The van der Waals surface area contributed by atoms with Crippen molar-refractivity contribution in [1.82, 2.24) is 9.97 Å². The van der Waals surface area contributed by atoms with Crippen LogP contribution < -0.4 is 10.2 Å². The number of fused-ring (bicyclic) bond motifs is 2. The highest BCUT2D eigenvalue weighted by Crippen LogP contribution is 2.38. The Morgan fingerprint density at radius 1 is 0.556 bits per heavy atom. The quantitative estimate of drug-likeness (QED) is 0.0913. The molecule has 3 aromatic rings. The number of amides is 1. The Morgan fingerprint density at radius 3 is 1.33 bits per heavy atom. The molecule has 5 rings (SSSR count). The summed E-state index contributed by atoms with van der Waals surface area (Å²) in [5.74, 6) is 1.23. The normalized spacial score (nSPS) is 9.73. The molecule has 0 aliphatic carbocycles. The van der Waals surface area contributed by atoms with E-state index in [4.69, 9.17) is 101 Å². The van der Waals surface area contributed by atoms with Gasteiger partial charge in [-0.05, 0) is 117 Å². The lowest BCUT2D eigenvalue weighted by atomic mass is 8.35. The number of non-ortho nitro benzene ring substituents is 2. The van der Waals surface area contributed by atoms with Gasteiger partial charge in [0.1, 0.15) is 0 Å². The molecule has 3 heterocycles. The van der Waals surface area contributed by atoms with Crippen molar-refractivity contribution in [2.75, 3.05) is 28.3 Å². The third kappa shape index (κ3) is 26.3. The largest absolute Gasteiger partial charge is 0.364 e. The average molecular weight is 1040 g/mol. The number of H-pyrrole nitrogens is 1. The fraction of sp³-hybridized carbons (Fsp3) is 0.0909. The zero-order valence-corrected chi connectivity index (χ0v) is 45.0. The maximum absolute atomic E-state index is 11.0. The Hall–Kier alpha value is -7.12. The van der Waals surface area contributed by atoms with Crippen LogP contribution in [0.15, 0.2) is 198 Å². The van der Waals surface area contributed by atoms with Crippen LogP contribution >= 0.6 is 23.5 Å². The van der Waals surface area contributed by atoms with Gasteiger partial charge < -0.3 is 15.2 Å². The number of nitrogens with zero attached hydrogens (tertiary/aromatic N) is 4. The molecule has 2 aliphatic rings. The highest BCUT2D eigenvalue weighted by atomic mass is 32.2. The first kappa shape index (κ1) is 70.0. The van der Waals surface area contributed by atoms with Gasteiger partial charge in [0.15, 0.2) is 0 Å². The Balaban J connectivity index is 0.000000374. The van der Waals surface area contributed by atoms with Gasteiger partial charge >= 0.3 is 0 Å². The van der Waals surface area contributed by atoms with Gasteiger partial charge in [-0.2, -0.15) is 0 Å². The summed E-state index contributed by atoms with van der Waals surface area (Å²) in [5, 5.41) is 23.9. The van der Waals surface area contributed by atoms with Gasteiger partial charge in [-0.25, -0.2) is 4.98 Å². The Labute approximate surface area is 502 Å². The molecule has 0 saturated carbocycles. The van der Waals surface area contributed by atoms with Crippen molar-refractivity contribution in [2.24, 2.45) is 0 Å². The third-order valence-electron chi connectivity index (χ3n) is 10.6. The van der Waals surface area contributed by atoms with Crippen LogP contribution in [-0.2, 0) is 11.3 Å². The molecule has 0 bridgehead atoms. The van der Waals surface area contributed by atoms with Crippen LogP contribution in [0.3, 0.4) is 0 Å². The van der Waals surface area contributed by atoms with Crippen LogP contribution in [0.2, 0.25) is 0 Å². The van der Waals surface area contributed by atoms with E-state index in [0.717, 1.165) is 33.5 Å². The smallest absolute Gasteiger partial charge is 0.271 e. The van der Waals surface area contributed by atoms with E-state index in [0.29, 0.717) is 18.0 Å². The minimum Gasteiger partial charge on any atom is -0.364 e. The monoisotopic (exact) mass is 1040 g/mol. The molecule has 81 heavy (non-hydrogen) atoms. The maximum Gasteiger partial charge on any atom is 0.271 e. The van der Waals surface area contributed by atoms with E-state index in [1.807, 2.05) is 6.07 Å². The predicted octanol–water partition coefficient (Wildman–Crippen LogP) is -0.856. The molecule has 2 aromatic carbocycles. The van der Waals surface area contributed by atoms with Gasteiger partial charge in [-0.15, -0.1) is 23.5 Å². The topological polar surface area (TPSA) is 147 Å². The summed E-state index contributed by atoms with van der Waals surface area (Å²) in [4.78, 5) is 42.7. The molecule has 2 N–H and O–H groups in total. The Morgan fingerprint density at radius 2 is 0.963 bits per heavy atom. The molecule has 0 atom stereocenters. The summed E-state index contributed by atoms with van der Waals surface area (Å²) in [7, 11) is 76.2. The molecule has 26 radical (unpaired) electrons. The number of aromatic nitrogens is 2. The number of hydrogen-bond acceptors (Lipinski definition) is 9. The number of thioether (sulfide) groups is 2. The van der Waals surface area contributed by atoms with Crippen molar-refractivity contribution in [2.45, 2.75) is 16.3 Å². The number of hydrogen-bond donors (Lipinski definition) is 2. The first-order valence-corrected chi connectivity index (χ1v) is 25.3. The SMILES string of the molecule is C=C=C=C=C=C=C=C=C=C=C=C=C=C=C=C=C=C=C=C=C=C=C=C.O=C1CSc2ccc([N+](=O)[O-])cc2N1.O=[N+]([O-])c1ccc2c(c1)N(Cc1cnc[nH]1)CCS2.[B]B([B])B([B])B(B([B])[B])B(B(B([B])[B])B([B])[B])B(B([B])[B])B([B])[B]. The van der Waals surface area contributed by atoms with Gasteiger partial charge in [0.25, 0.3) is 11.4 Å². The van der Waals surface area contributed by atoms with E-state index in [1.165, 1.54) is 23.9 Å². The van der Waals surface area contributed by atoms with E-state index >= 15 is 0 Å². The minimum atomic E-state index is -0.973. The van der Waals surface area contributed by atoms with Crippen LogP contribution in [-0.4, -0.2) is 215 Å². The highest BCUT2D eigenvalue weighted by molar-refractivity contribution is 8.23. The second-order valence-corrected chi connectivity index (χ2v) is 18.4. The first-order chi connectivity index (χ1) is 38.7. The second kappa shape index (κ2) is 39.3. The number of nitrogens with one attached hydrogen (secondary N) is 2. The number of rotatable bonds is 14. The number of aromatic amines is 1. The lowest BCUT2D eigenvalue weighted by molar-refractivity contribution is -0.385. The van der Waals surface area contributed by atoms with Gasteiger partial charge in [0.2, 0.25) is 5.91 Å². The third-order valence-corrected chi connectivity index (χ3v) is 12.8. The maximum atomic E-state index is 11.0. The summed E-state index contributed by atoms with van der Waals surface area (Å²) in [6.07, 6.45) is -6.14. The van der Waals surface area contributed by atoms with E-state index in [1.54, 1.807) is 42.5 Å². The summed E-state index contributed by atoms with van der Waals surface area (Å²) < 4.78 is 0. The molecular formula is C44H22B24N6O5S2. The summed E-state index contributed by atoms with van der Waals surface area (Å²) >= 11 is 3.12. The Kier molecular flexibility index (Phi) is 34.0. The van der Waals surface area contributed by atoms with Crippen LogP contribution in [0.1, 0.15) is 5.69 Å². The molecule has 37 heteroatoms. The zero-order chi connectivity index (χ0) is 60.3. The molecule has 1 amide bonds. The number of anilines is 2. The van der Waals surface area contributed by atoms with Gasteiger partial charge in [0.05, 0.1) is 45.5 Å². The van der Waals surface area contributed by atoms with Crippen molar-refractivity contribution in [3.8, 4) is 0 Å². The molecule has 0 saturated heterocycles. The Bertz CT molecular complexity index is 3480. The molecule has 0 spiro atoms. The minimum absolute atomic E-state index is 0.00782. The molecule has 1 aromatic heterocycles. The molecule has 0 unspecified atom stereocenters. The van der Waals surface area contributed by atoms with Crippen LogP contribution in [0.25, 0.3) is 0 Å². The molecular weight excluding hydrogens is 1020 g/mol. The lowest BCUT2D eigenvalue weighted by Crippen LogP contribution is -2.84. The second-order valence-electron chi connectivity index (χ2n) is 16.2. The van der Waals surface area contributed by atoms with Gasteiger partial charge in [0, 0.05) is 246 Å². The zero-order valence-electron chi connectivity index (χ0n) is 43.4. The average Bonchev–Trinajstić information content (AvgIpc) is 4.03. The summed E-state index contributed by atoms with van der Waals surface area (Å²) in [5.41, 5.74) is 57.0. The summed E-state index contributed by atoms with van der Waals surface area (Å²) in [6.45, 7) is 8.16. The number of imidazole rings is 1. The fourth-order valence-electron chi connectivity index (χ4n) is 7.29. The first-order valence-electron chi connectivity index (χ1n) is 23.4. The van der Waals surface area contributed by atoms with Crippen LogP contribution in [0.5, 0.6) is 0 Å². The molecule has 2 aliphatic heterocycles. The summed E-state index contributed by atoms with van der Waals surface area (Å²) in [6, 6.07) is 9.50. The van der Waals surface area contributed by atoms with Gasteiger partial charge in [-0.1, -0.05) is 11.5 Å². The van der Waals surface area contributed by atoms with Crippen molar-refractivity contribution >= 4 is 223 Å². The van der Waals surface area contributed by atoms with Crippen molar-refractivity contribution < 1.29 is 14.6 Å². The number of carbonyl (C=O) groups excluding carboxylic acids is 1. The number of nitro benzene ring substituents is 2. The standard InChI is InChI=1S/C24H4.C12H12N4O2S.C8H6N2O3S.B24/c1-3-5-7-9-11-13-15-17-19-21-23-24-22-20-18-16-14-12-10-8-6-4-2;17-16(18)10-1-2-12-11(5-10)15(3-4-19-12)7-9-6-13-8-14-9;11-8-4-14-7-2-1-5(10(12)13)3-6(7)9-8;1-14(2)20(13)23(19(11)12)24(21(15(3)4)16(5)6)22(17(7)8)18(9)10/h1-2H2;1-2,5-6,8H,3-4,7H2,(H,13,14);1-3H,4H2,(H,9,11);. The van der Waals surface area contributed by atoms with E-state index in [9.17, 15) is 25.0 Å². The molecule has 0 fully saturated rings. The fourth-order valence-corrected chi connectivity index (χ4v) is 9.11. The predicted molar refractivity (Wildman–Crippen MR) is 353 cm³/mol. The van der Waals surface area contributed by atoms with Crippen molar-refractivity contribution in [3.63, 3.8) is 0 Å². The number of benzene rings is 2. The van der Waals surface area contributed by atoms with Crippen LogP contribution in [0.4, 0.5) is 22.7 Å². The van der Waals surface area contributed by atoms with E-state index in [-0.39, 0.29) is 22.2 Å². The van der Waals surface area contributed by atoms with Crippen molar-refractivity contribution in [3.05, 3.63) is 214 Å². The molecule has 11 nitrogen and oxygen atoms in total. The van der Waals surface area contributed by atoms with Crippen LogP contribution in [0, 0.1) is 20.2 Å².